The average molecular weight is 179 g/mol. The fourth-order valence-electron chi connectivity index (χ4n) is 1.07. The summed E-state index contributed by atoms with van der Waals surface area (Å²) in [6.07, 6.45) is 3.73. The predicted molar refractivity (Wildman–Crippen MR) is 48.2 cm³/mol. The van der Waals surface area contributed by atoms with Crippen molar-refractivity contribution in [2.75, 3.05) is 0 Å². The fourth-order valence-corrected chi connectivity index (χ4v) is 1.71. The Hall–Kier alpha value is -1.16. The van der Waals surface area contributed by atoms with Crippen LogP contribution in [0.1, 0.15) is 18.7 Å². The smallest absolute Gasteiger partial charge is 0.0919 e. The third kappa shape index (κ3) is 1.25. The number of nitrogens with zero attached hydrogens (tertiary/aromatic N) is 3. The molecule has 0 N–H and O–H groups in total. The Morgan fingerprint density at radius 3 is 3.08 bits per heavy atom. The van der Waals surface area contributed by atoms with Crippen molar-refractivity contribution in [2.45, 2.75) is 13.0 Å². The van der Waals surface area contributed by atoms with Gasteiger partial charge < -0.3 is 0 Å². The van der Waals surface area contributed by atoms with E-state index in [-0.39, 0.29) is 6.04 Å². The van der Waals surface area contributed by atoms with Crippen LogP contribution in [0, 0.1) is 0 Å². The molecule has 0 fully saturated rings. The summed E-state index contributed by atoms with van der Waals surface area (Å²) in [5.41, 5.74) is 2.92. The highest BCUT2D eigenvalue weighted by molar-refractivity contribution is 7.07. The zero-order chi connectivity index (χ0) is 8.39. The van der Waals surface area contributed by atoms with Crippen LogP contribution >= 0.6 is 11.3 Å². The molecular formula is C8H9N3S. The molecule has 0 amide bonds. The molecule has 2 heterocycles. The van der Waals surface area contributed by atoms with Gasteiger partial charge in [0, 0.05) is 17.8 Å². The van der Waals surface area contributed by atoms with E-state index >= 15 is 0 Å². The van der Waals surface area contributed by atoms with Gasteiger partial charge in [-0.2, -0.15) is 5.10 Å². The van der Waals surface area contributed by atoms with Gasteiger partial charge in [-0.05, 0) is 13.0 Å². The first-order valence-corrected chi connectivity index (χ1v) is 4.69. The highest BCUT2D eigenvalue weighted by atomic mass is 32.1. The predicted octanol–water partition coefficient (Wildman–Crippen LogP) is 1.95. The third-order valence-electron chi connectivity index (χ3n) is 1.80. The number of thiazole rings is 1. The molecule has 0 radical (unpaired) electrons. The van der Waals surface area contributed by atoms with Gasteiger partial charge in [0.1, 0.15) is 0 Å². The molecule has 0 saturated carbocycles. The van der Waals surface area contributed by atoms with E-state index < -0.39 is 0 Å². The molecule has 12 heavy (non-hydrogen) atoms. The van der Waals surface area contributed by atoms with Crippen molar-refractivity contribution in [3.63, 3.8) is 0 Å². The lowest BCUT2D eigenvalue weighted by Crippen LogP contribution is -2.06. The Morgan fingerprint density at radius 1 is 1.58 bits per heavy atom. The summed E-state index contributed by atoms with van der Waals surface area (Å²) < 4.78 is 1.90. The molecule has 1 unspecified atom stereocenters. The molecule has 0 aliphatic rings. The Bertz CT molecular complexity index is 291. The Morgan fingerprint density at radius 2 is 2.50 bits per heavy atom. The first-order chi connectivity index (χ1) is 5.88. The molecule has 0 saturated heterocycles. The van der Waals surface area contributed by atoms with E-state index in [9.17, 15) is 0 Å². The van der Waals surface area contributed by atoms with Gasteiger partial charge in [0.25, 0.3) is 0 Å². The first-order valence-electron chi connectivity index (χ1n) is 3.75. The van der Waals surface area contributed by atoms with E-state index in [0.29, 0.717) is 0 Å². The van der Waals surface area contributed by atoms with Crippen LogP contribution in [0.3, 0.4) is 0 Å². The largest absolute Gasteiger partial charge is 0.264 e. The van der Waals surface area contributed by atoms with Gasteiger partial charge in [0.15, 0.2) is 0 Å². The SMILES string of the molecule is CC(c1cscn1)n1cccn1. The summed E-state index contributed by atoms with van der Waals surface area (Å²) in [5, 5.41) is 6.20. The van der Waals surface area contributed by atoms with Gasteiger partial charge in [-0.3, -0.25) is 4.68 Å². The second-order valence-corrected chi connectivity index (χ2v) is 3.29. The minimum absolute atomic E-state index is 0.242. The van der Waals surface area contributed by atoms with E-state index in [1.165, 1.54) is 0 Å². The molecule has 0 spiro atoms. The Kier molecular flexibility index (Phi) is 1.91. The van der Waals surface area contributed by atoms with E-state index in [1.54, 1.807) is 17.5 Å². The van der Waals surface area contributed by atoms with E-state index in [0.717, 1.165) is 5.69 Å². The second kappa shape index (κ2) is 3.06. The van der Waals surface area contributed by atoms with Crippen LogP contribution in [-0.2, 0) is 0 Å². The van der Waals surface area contributed by atoms with Crippen LogP contribution in [0.2, 0.25) is 0 Å². The van der Waals surface area contributed by atoms with E-state index in [2.05, 4.69) is 17.0 Å². The number of hydrogen-bond acceptors (Lipinski definition) is 3. The molecule has 2 aromatic rings. The zero-order valence-electron chi connectivity index (χ0n) is 6.71. The molecule has 2 rings (SSSR count). The van der Waals surface area contributed by atoms with Crippen molar-refractivity contribution in [3.8, 4) is 0 Å². The minimum Gasteiger partial charge on any atom is -0.264 e. The summed E-state index contributed by atoms with van der Waals surface area (Å²) in [5.74, 6) is 0. The van der Waals surface area contributed by atoms with Crippen molar-refractivity contribution in [1.82, 2.24) is 14.8 Å². The molecule has 4 heteroatoms. The molecule has 0 aliphatic heterocycles. The standard InChI is InChI=1S/C8H9N3S/c1-7(8-5-12-6-9-8)11-4-2-3-10-11/h2-7H,1H3. The molecule has 0 bridgehead atoms. The number of aromatic nitrogens is 3. The maximum atomic E-state index is 4.23. The summed E-state index contributed by atoms with van der Waals surface area (Å²) in [6.45, 7) is 2.09. The van der Waals surface area contributed by atoms with Crippen LogP contribution in [0.5, 0.6) is 0 Å². The number of hydrogen-bond donors (Lipinski definition) is 0. The van der Waals surface area contributed by atoms with Gasteiger partial charge in [-0.1, -0.05) is 0 Å². The van der Waals surface area contributed by atoms with Crippen molar-refractivity contribution in [2.24, 2.45) is 0 Å². The molecule has 1 atom stereocenters. The topological polar surface area (TPSA) is 30.7 Å². The van der Waals surface area contributed by atoms with Crippen LogP contribution < -0.4 is 0 Å². The lowest BCUT2D eigenvalue weighted by atomic mass is 10.3. The van der Waals surface area contributed by atoms with Crippen molar-refractivity contribution in [1.29, 1.82) is 0 Å². The van der Waals surface area contributed by atoms with Gasteiger partial charge in [0.05, 0.1) is 17.2 Å². The molecule has 62 valence electrons. The average Bonchev–Trinajstić information content (AvgIpc) is 2.77. The van der Waals surface area contributed by atoms with Gasteiger partial charge in [0.2, 0.25) is 0 Å². The third-order valence-corrected chi connectivity index (χ3v) is 2.41. The highest BCUT2D eigenvalue weighted by Crippen LogP contribution is 2.15. The maximum Gasteiger partial charge on any atom is 0.0919 e. The summed E-state index contributed by atoms with van der Waals surface area (Å²) in [4.78, 5) is 4.23. The molecule has 0 aliphatic carbocycles. The summed E-state index contributed by atoms with van der Waals surface area (Å²) >= 11 is 1.61. The van der Waals surface area contributed by atoms with E-state index in [4.69, 9.17) is 0 Å². The first kappa shape index (κ1) is 7.49. The lowest BCUT2D eigenvalue weighted by Gasteiger charge is -2.07. The fraction of sp³-hybridized carbons (Fsp3) is 0.250. The Labute approximate surface area is 74.7 Å². The summed E-state index contributed by atoms with van der Waals surface area (Å²) in [6, 6.07) is 2.16. The van der Waals surface area contributed by atoms with Crippen LogP contribution in [0.4, 0.5) is 0 Å². The lowest BCUT2D eigenvalue weighted by molar-refractivity contribution is 0.554. The molecule has 0 aromatic carbocycles. The van der Waals surface area contributed by atoms with E-state index in [1.807, 2.05) is 27.8 Å². The monoisotopic (exact) mass is 179 g/mol. The summed E-state index contributed by atoms with van der Waals surface area (Å²) in [7, 11) is 0. The maximum absolute atomic E-state index is 4.23. The van der Waals surface area contributed by atoms with Crippen LogP contribution in [-0.4, -0.2) is 14.8 Å². The van der Waals surface area contributed by atoms with Crippen molar-refractivity contribution < 1.29 is 0 Å². The van der Waals surface area contributed by atoms with Crippen LogP contribution in [0.15, 0.2) is 29.4 Å². The normalized spacial score (nSPS) is 13.1. The minimum atomic E-state index is 0.242. The Balaban J connectivity index is 2.27. The van der Waals surface area contributed by atoms with Crippen LogP contribution in [0.25, 0.3) is 0 Å². The van der Waals surface area contributed by atoms with Gasteiger partial charge in [-0.15, -0.1) is 11.3 Å². The van der Waals surface area contributed by atoms with Crippen molar-refractivity contribution in [3.05, 3.63) is 35.0 Å². The molecular weight excluding hydrogens is 170 g/mol. The quantitative estimate of drug-likeness (QED) is 0.705. The number of rotatable bonds is 2. The van der Waals surface area contributed by atoms with Gasteiger partial charge >= 0.3 is 0 Å². The highest BCUT2D eigenvalue weighted by Gasteiger charge is 2.08. The second-order valence-electron chi connectivity index (χ2n) is 2.58. The van der Waals surface area contributed by atoms with Crippen molar-refractivity contribution >= 4 is 11.3 Å². The molecule has 3 nitrogen and oxygen atoms in total. The zero-order valence-corrected chi connectivity index (χ0v) is 7.53. The van der Waals surface area contributed by atoms with Gasteiger partial charge in [-0.25, -0.2) is 4.98 Å². The molecule has 2 aromatic heterocycles.